The largest absolute Gasteiger partial charge is 0.379 e. The molecule has 1 aliphatic rings. The van der Waals surface area contributed by atoms with Crippen molar-refractivity contribution in [3.05, 3.63) is 21.6 Å². The Morgan fingerprint density at radius 1 is 1.55 bits per heavy atom. The Kier molecular flexibility index (Phi) is 4.74. The number of rotatable bonds is 5. The molecule has 20 heavy (non-hydrogen) atoms. The molecule has 1 atom stereocenters. The molecule has 1 aromatic heterocycles. The quantitative estimate of drug-likeness (QED) is 0.901. The molecule has 1 aliphatic carbocycles. The molecule has 1 fully saturated rings. The van der Waals surface area contributed by atoms with Crippen molar-refractivity contribution in [1.29, 1.82) is 0 Å². The molecule has 0 saturated heterocycles. The maximum Gasteiger partial charge on any atom is 0.287 e. The Hall–Kier alpha value is -1.03. The van der Waals surface area contributed by atoms with E-state index >= 15 is 0 Å². The summed E-state index contributed by atoms with van der Waals surface area (Å²) in [6.45, 7) is 7.22. The first-order valence-corrected chi connectivity index (χ1v) is 7.85. The van der Waals surface area contributed by atoms with E-state index in [0.29, 0.717) is 18.3 Å². The van der Waals surface area contributed by atoms with Crippen LogP contribution in [-0.4, -0.2) is 15.8 Å². The van der Waals surface area contributed by atoms with Crippen LogP contribution in [-0.2, 0) is 6.54 Å². The van der Waals surface area contributed by atoms with E-state index in [1.807, 2.05) is 0 Å². The third kappa shape index (κ3) is 3.17. The van der Waals surface area contributed by atoms with Crippen LogP contribution in [0.1, 0.15) is 52.9 Å². The maximum absolute atomic E-state index is 12.2. The van der Waals surface area contributed by atoms with Gasteiger partial charge in [0.2, 0.25) is 0 Å². The van der Waals surface area contributed by atoms with Gasteiger partial charge >= 0.3 is 0 Å². The number of hydrogen-bond acceptors (Lipinski definition) is 3. The van der Waals surface area contributed by atoms with Crippen LogP contribution in [0, 0.1) is 5.41 Å². The lowest BCUT2D eigenvalue weighted by Crippen LogP contribution is -2.32. The van der Waals surface area contributed by atoms with E-state index in [1.165, 1.54) is 17.5 Å². The molecule has 2 rings (SSSR count). The smallest absolute Gasteiger partial charge is 0.287 e. The second-order valence-electron chi connectivity index (χ2n) is 6.33. The van der Waals surface area contributed by atoms with Gasteiger partial charge in [-0.25, -0.2) is 4.68 Å². The van der Waals surface area contributed by atoms with Crippen molar-refractivity contribution in [1.82, 2.24) is 9.78 Å². The summed E-state index contributed by atoms with van der Waals surface area (Å²) in [5.41, 5.74) is 0.714. The molecule has 0 spiro atoms. The Morgan fingerprint density at radius 2 is 2.30 bits per heavy atom. The third-order valence-electron chi connectivity index (χ3n) is 4.30. The minimum absolute atomic E-state index is 0.194. The van der Waals surface area contributed by atoms with Crippen LogP contribution in [0.3, 0.4) is 0 Å². The van der Waals surface area contributed by atoms with E-state index in [1.54, 1.807) is 6.20 Å². The van der Waals surface area contributed by atoms with Gasteiger partial charge < -0.3 is 5.32 Å². The van der Waals surface area contributed by atoms with Gasteiger partial charge in [-0.05, 0) is 24.7 Å². The molecule has 1 N–H and O–H groups in total. The predicted molar refractivity (Wildman–Crippen MR) is 83.5 cm³/mol. The van der Waals surface area contributed by atoms with Crippen LogP contribution in [0.2, 0.25) is 5.02 Å². The van der Waals surface area contributed by atoms with Crippen molar-refractivity contribution in [3.8, 4) is 0 Å². The monoisotopic (exact) mass is 297 g/mol. The van der Waals surface area contributed by atoms with Gasteiger partial charge in [0.1, 0.15) is 5.02 Å². The minimum Gasteiger partial charge on any atom is -0.379 e. The number of anilines is 1. The summed E-state index contributed by atoms with van der Waals surface area (Å²) >= 11 is 6.21. The van der Waals surface area contributed by atoms with Crippen LogP contribution in [0.15, 0.2) is 11.0 Å². The molecule has 5 heteroatoms. The molecule has 1 aromatic rings. The summed E-state index contributed by atoms with van der Waals surface area (Å²) in [6, 6.07) is 0.354. The highest BCUT2D eigenvalue weighted by Crippen LogP contribution is 2.39. The van der Waals surface area contributed by atoms with Crippen LogP contribution in [0.25, 0.3) is 0 Å². The van der Waals surface area contributed by atoms with E-state index in [0.717, 1.165) is 19.3 Å². The lowest BCUT2D eigenvalue weighted by molar-refractivity contribution is 0.350. The molecule has 0 aliphatic heterocycles. The van der Waals surface area contributed by atoms with Crippen molar-refractivity contribution in [2.24, 2.45) is 5.41 Å². The SMILES string of the molecule is CCCCn1ncc(NC2CCCC2(C)C)c(Cl)c1=O. The number of halogens is 1. The number of unbranched alkanes of at least 4 members (excludes halogenated alkanes) is 1. The molecular weight excluding hydrogens is 274 g/mol. The summed E-state index contributed by atoms with van der Waals surface area (Å²) in [4.78, 5) is 12.2. The topological polar surface area (TPSA) is 46.9 Å². The molecule has 1 saturated carbocycles. The van der Waals surface area contributed by atoms with Crippen LogP contribution < -0.4 is 10.9 Å². The normalized spacial score (nSPS) is 21.1. The van der Waals surface area contributed by atoms with Gasteiger partial charge in [0.25, 0.3) is 5.56 Å². The van der Waals surface area contributed by atoms with E-state index in [9.17, 15) is 4.79 Å². The van der Waals surface area contributed by atoms with Crippen molar-refractivity contribution in [2.75, 3.05) is 5.32 Å². The van der Waals surface area contributed by atoms with Gasteiger partial charge in [0.15, 0.2) is 0 Å². The fourth-order valence-corrected chi connectivity index (χ4v) is 3.02. The Labute approximate surface area is 125 Å². The van der Waals surface area contributed by atoms with Crippen molar-refractivity contribution < 1.29 is 0 Å². The van der Waals surface area contributed by atoms with Gasteiger partial charge in [-0.1, -0.05) is 45.2 Å². The molecule has 0 radical (unpaired) electrons. The minimum atomic E-state index is -0.194. The van der Waals surface area contributed by atoms with Crippen LogP contribution in [0.5, 0.6) is 0 Å². The summed E-state index contributed by atoms with van der Waals surface area (Å²) in [6.07, 6.45) is 7.18. The lowest BCUT2D eigenvalue weighted by Gasteiger charge is -2.28. The molecule has 112 valence electrons. The van der Waals surface area contributed by atoms with E-state index < -0.39 is 0 Å². The second kappa shape index (κ2) is 6.17. The Balaban J connectivity index is 2.17. The predicted octanol–water partition coefficient (Wildman–Crippen LogP) is 3.69. The first-order valence-electron chi connectivity index (χ1n) is 7.48. The van der Waals surface area contributed by atoms with Crippen LogP contribution in [0.4, 0.5) is 5.69 Å². The van der Waals surface area contributed by atoms with Gasteiger partial charge in [-0.2, -0.15) is 5.10 Å². The van der Waals surface area contributed by atoms with E-state index in [2.05, 4.69) is 31.2 Å². The Bertz CT molecular complexity index is 524. The van der Waals surface area contributed by atoms with Gasteiger partial charge in [-0.3, -0.25) is 4.79 Å². The van der Waals surface area contributed by atoms with Gasteiger partial charge in [0.05, 0.1) is 11.9 Å². The molecule has 4 nitrogen and oxygen atoms in total. The lowest BCUT2D eigenvalue weighted by atomic mass is 9.87. The summed E-state index contributed by atoms with van der Waals surface area (Å²) < 4.78 is 1.46. The van der Waals surface area contributed by atoms with E-state index in [4.69, 9.17) is 11.6 Å². The van der Waals surface area contributed by atoms with Gasteiger partial charge in [-0.15, -0.1) is 0 Å². The first-order chi connectivity index (χ1) is 9.45. The number of aryl methyl sites for hydroxylation is 1. The summed E-state index contributed by atoms with van der Waals surface area (Å²) in [5, 5.41) is 7.90. The molecular formula is C15H24ClN3O. The van der Waals surface area contributed by atoms with Crippen molar-refractivity contribution in [3.63, 3.8) is 0 Å². The summed E-state index contributed by atoms with van der Waals surface area (Å²) in [5.74, 6) is 0. The zero-order valence-electron chi connectivity index (χ0n) is 12.6. The van der Waals surface area contributed by atoms with Gasteiger partial charge in [0, 0.05) is 12.6 Å². The van der Waals surface area contributed by atoms with Crippen molar-refractivity contribution >= 4 is 17.3 Å². The highest BCUT2D eigenvalue weighted by molar-refractivity contribution is 6.32. The third-order valence-corrected chi connectivity index (χ3v) is 4.66. The average Bonchev–Trinajstić information content (AvgIpc) is 2.73. The van der Waals surface area contributed by atoms with Crippen LogP contribution >= 0.6 is 11.6 Å². The first kappa shape index (κ1) is 15.4. The number of aromatic nitrogens is 2. The Morgan fingerprint density at radius 3 is 2.90 bits per heavy atom. The second-order valence-corrected chi connectivity index (χ2v) is 6.71. The standard InChI is InChI=1S/C15H24ClN3O/c1-4-5-9-19-14(20)13(16)11(10-17-19)18-12-7-6-8-15(12,2)3/h10,12,18H,4-9H2,1-3H3. The molecule has 1 unspecified atom stereocenters. The molecule has 1 heterocycles. The zero-order valence-corrected chi connectivity index (χ0v) is 13.3. The van der Waals surface area contributed by atoms with Crippen molar-refractivity contribution in [2.45, 2.75) is 65.5 Å². The fourth-order valence-electron chi connectivity index (χ4n) is 2.81. The maximum atomic E-state index is 12.2. The fraction of sp³-hybridized carbons (Fsp3) is 0.733. The highest BCUT2D eigenvalue weighted by Gasteiger charge is 2.34. The average molecular weight is 298 g/mol. The van der Waals surface area contributed by atoms with E-state index in [-0.39, 0.29) is 16.0 Å². The highest BCUT2D eigenvalue weighted by atomic mass is 35.5. The summed E-state index contributed by atoms with van der Waals surface area (Å²) in [7, 11) is 0. The number of nitrogens with one attached hydrogen (secondary N) is 1. The zero-order chi connectivity index (χ0) is 14.8. The number of hydrogen-bond donors (Lipinski definition) is 1. The molecule has 0 aromatic carbocycles. The molecule has 0 amide bonds. The molecule has 0 bridgehead atoms. The number of nitrogens with zero attached hydrogens (tertiary/aromatic N) is 2.